The number of rotatable bonds is 5. The summed E-state index contributed by atoms with van der Waals surface area (Å²) >= 11 is 0. The maximum atomic E-state index is 5.84. The molecule has 5 heteroatoms. The van der Waals surface area contributed by atoms with Gasteiger partial charge in [-0.2, -0.15) is 4.98 Å². The third-order valence-corrected chi connectivity index (χ3v) is 3.47. The average molecular weight is 267 g/mol. The molecule has 5 nitrogen and oxygen atoms in total. The van der Waals surface area contributed by atoms with E-state index >= 15 is 0 Å². The third kappa shape index (κ3) is 4.28. The van der Waals surface area contributed by atoms with Crippen molar-refractivity contribution in [3.8, 4) is 0 Å². The van der Waals surface area contributed by atoms with E-state index in [4.69, 9.17) is 15.0 Å². The summed E-state index contributed by atoms with van der Waals surface area (Å²) in [4.78, 5) is 4.52. The molecule has 1 aliphatic rings. The Kier molecular flexibility index (Phi) is 4.58. The molecular weight excluding hydrogens is 242 g/mol. The Balaban J connectivity index is 1.97. The summed E-state index contributed by atoms with van der Waals surface area (Å²) in [6.07, 6.45) is 2.89. The number of ether oxygens (including phenoxy) is 1. The second-order valence-corrected chi connectivity index (χ2v) is 6.68. The second kappa shape index (κ2) is 6.01. The highest BCUT2D eigenvalue weighted by Crippen LogP contribution is 2.30. The van der Waals surface area contributed by atoms with Crippen molar-refractivity contribution in [2.24, 2.45) is 17.1 Å². The van der Waals surface area contributed by atoms with Crippen LogP contribution in [0.2, 0.25) is 0 Å². The zero-order valence-electron chi connectivity index (χ0n) is 12.2. The van der Waals surface area contributed by atoms with Crippen molar-refractivity contribution in [3.63, 3.8) is 0 Å². The van der Waals surface area contributed by atoms with E-state index < -0.39 is 0 Å². The van der Waals surface area contributed by atoms with Crippen LogP contribution in [-0.2, 0) is 11.2 Å². The van der Waals surface area contributed by atoms with E-state index in [0.29, 0.717) is 18.4 Å². The smallest absolute Gasteiger partial charge is 0.231 e. The summed E-state index contributed by atoms with van der Waals surface area (Å²) in [6.45, 7) is 8.80. The van der Waals surface area contributed by atoms with Gasteiger partial charge in [-0.1, -0.05) is 25.9 Å². The maximum Gasteiger partial charge on any atom is 0.231 e. The Morgan fingerprint density at radius 2 is 2.21 bits per heavy atom. The molecule has 0 aliphatic carbocycles. The standard InChI is InChI=1S/C14H25N3O2/c1-14(2,3)7-11(8-15)13-16-12(17-19-13)6-10-4-5-18-9-10/h10-11H,4-9,15H2,1-3H3. The van der Waals surface area contributed by atoms with Crippen LogP contribution in [0.15, 0.2) is 4.52 Å². The first-order valence-corrected chi connectivity index (χ1v) is 7.08. The number of hydrogen-bond donors (Lipinski definition) is 1. The van der Waals surface area contributed by atoms with Gasteiger partial charge in [-0.25, -0.2) is 0 Å². The first-order valence-electron chi connectivity index (χ1n) is 7.08. The summed E-state index contributed by atoms with van der Waals surface area (Å²) in [7, 11) is 0. The van der Waals surface area contributed by atoms with Crippen LogP contribution >= 0.6 is 0 Å². The lowest BCUT2D eigenvalue weighted by molar-refractivity contribution is 0.185. The van der Waals surface area contributed by atoms with Gasteiger partial charge in [-0.05, 0) is 24.2 Å². The number of nitrogens with zero attached hydrogens (tertiary/aromatic N) is 2. The van der Waals surface area contributed by atoms with Gasteiger partial charge < -0.3 is 15.0 Å². The Morgan fingerprint density at radius 1 is 1.42 bits per heavy atom. The minimum absolute atomic E-state index is 0.154. The van der Waals surface area contributed by atoms with Gasteiger partial charge in [0.1, 0.15) is 0 Å². The van der Waals surface area contributed by atoms with Crippen molar-refractivity contribution < 1.29 is 9.26 Å². The monoisotopic (exact) mass is 267 g/mol. The zero-order valence-corrected chi connectivity index (χ0v) is 12.2. The third-order valence-electron chi connectivity index (χ3n) is 3.47. The van der Waals surface area contributed by atoms with E-state index in [-0.39, 0.29) is 11.3 Å². The number of nitrogens with two attached hydrogens (primary N) is 1. The van der Waals surface area contributed by atoms with Gasteiger partial charge in [0.05, 0.1) is 5.92 Å². The summed E-state index contributed by atoms with van der Waals surface area (Å²) in [5.74, 6) is 2.16. The molecule has 19 heavy (non-hydrogen) atoms. The van der Waals surface area contributed by atoms with Crippen molar-refractivity contribution in [1.82, 2.24) is 10.1 Å². The van der Waals surface area contributed by atoms with E-state index in [1.165, 1.54) is 0 Å². The Morgan fingerprint density at radius 3 is 2.79 bits per heavy atom. The van der Waals surface area contributed by atoms with Gasteiger partial charge in [0.15, 0.2) is 5.82 Å². The lowest BCUT2D eigenvalue weighted by atomic mass is 9.84. The van der Waals surface area contributed by atoms with Crippen molar-refractivity contribution in [1.29, 1.82) is 0 Å². The van der Waals surface area contributed by atoms with Gasteiger partial charge in [-0.3, -0.25) is 0 Å². The molecule has 0 aromatic carbocycles. The first-order chi connectivity index (χ1) is 8.98. The van der Waals surface area contributed by atoms with Crippen LogP contribution in [0.3, 0.4) is 0 Å². The minimum atomic E-state index is 0.154. The Hall–Kier alpha value is -0.940. The van der Waals surface area contributed by atoms with Crippen LogP contribution in [0, 0.1) is 11.3 Å². The maximum absolute atomic E-state index is 5.84. The summed E-state index contributed by atoms with van der Waals surface area (Å²) < 4.78 is 10.8. The van der Waals surface area contributed by atoms with Crippen molar-refractivity contribution in [3.05, 3.63) is 11.7 Å². The van der Waals surface area contributed by atoms with Crippen LogP contribution in [0.25, 0.3) is 0 Å². The quantitative estimate of drug-likeness (QED) is 0.884. The van der Waals surface area contributed by atoms with Crippen LogP contribution in [-0.4, -0.2) is 29.9 Å². The summed E-state index contributed by atoms with van der Waals surface area (Å²) in [5.41, 5.74) is 6.04. The fourth-order valence-corrected chi connectivity index (χ4v) is 2.53. The normalized spacial score (nSPS) is 21.8. The first kappa shape index (κ1) is 14.5. The molecule has 108 valence electrons. The molecule has 1 aliphatic heterocycles. The predicted octanol–water partition coefficient (Wildman–Crippen LogP) is 2.13. The molecule has 1 fully saturated rings. The van der Waals surface area contributed by atoms with Gasteiger partial charge in [0.2, 0.25) is 5.89 Å². The lowest BCUT2D eigenvalue weighted by Crippen LogP contribution is -2.19. The molecule has 0 radical (unpaired) electrons. The minimum Gasteiger partial charge on any atom is -0.381 e. The highest BCUT2D eigenvalue weighted by molar-refractivity contribution is 4.97. The van der Waals surface area contributed by atoms with E-state index in [0.717, 1.165) is 38.3 Å². The molecule has 1 aromatic heterocycles. The topological polar surface area (TPSA) is 74.2 Å². The molecule has 2 atom stereocenters. The van der Waals surface area contributed by atoms with Gasteiger partial charge in [0, 0.05) is 26.2 Å². The van der Waals surface area contributed by atoms with Gasteiger partial charge in [0.25, 0.3) is 0 Å². The van der Waals surface area contributed by atoms with E-state index in [1.807, 2.05) is 0 Å². The summed E-state index contributed by atoms with van der Waals surface area (Å²) in [6, 6.07) is 0. The van der Waals surface area contributed by atoms with Crippen LogP contribution in [0.5, 0.6) is 0 Å². The molecule has 2 N–H and O–H groups in total. The molecule has 2 heterocycles. The molecule has 0 spiro atoms. The highest BCUT2D eigenvalue weighted by Gasteiger charge is 2.25. The van der Waals surface area contributed by atoms with Gasteiger partial charge in [-0.15, -0.1) is 0 Å². The van der Waals surface area contributed by atoms with E-state index in [1.54, 1.807) is 0 Å². The number of hydrogen-bond acceptors (Lipinski definition) is 5. The van der Waals surface area contributed by atoms with Crippen LogP contribution in [0.1, 0.15) is 51.2 Å². The van der Waals surface area contributed by atoms with Crippen molar-refractivity contribution in [2.45, 2.75) is 46.0 Å². The summed E-state index contributed by atoms with van der Waals surface area (Å²) in [5, 5.41) is 4.08. The molecule has 0 saturated carbocycles. The SMILES string of the molecule is CC(C)(C)CC(CN)c1nc(CC2CCOC2)no1. The molecule has 2 rings (SSSR count). The molecule has 1 aromatic rings. The molecule has 1 saturated heterocycles. The Bertz CT molecular complexity index is 392. The van der Waals surface area contributed by atoms with E-state index in [9.17, 15) is 0 Å². The van der Waals surface area contributed by atoms with Gasteiger partial charge >= 0.3 is 0 Å². The largest absolute Gasteiger partial charge is 0.381 e. The molecule has 2 unspecified atom stereocenters. The zero-order chi connectivity index (χ0) is 13.9. The highest BCUT2D eigenvalue weighted by atomic mass is 16.5. The molecule has 0 amide bonds. The fraction of sp³-hybridized carbons (Fsp3) is 0.857. The van der Waals surface area contributed by atoms with Crippen LogP contribution in [0.4, 0.5) is 0 Å². The molecule has 0 bridgehead atoms. The fourth-order valence-electron chi connectivity index (χ4n) is 2.53. The lowest BCUT2D eigenvalue weighted by Gasteiger charge is -2.22. The Labute approximate surface area is 114 Å². The second-order valence-electron chi connectivity index (χ2n) is 6.68. The molecular formula is C14H25N3O2. The van der Waals surface area contributed by atoms with E-state index in [2.05, 4.69) is 30.9 Å². The van der Waals surface area contributed by atoms with Crippen molar-refractivity contribution in [2.75, 3.05) is 19.8 Å². The average Bonchev–Trinajstić information content (AvgIpc) is 2.97. The number of aromatic nitrogens is 2. The predicted molar refractivity (Wildman–Crippen MR) is 72.8 cm³/mol. The van der Waals surface area contributed by atoms with Crippen LogP contribution < -0.4 is 5.73 Å². The van der Waals surface area contributed by atoms with Crippen molar-refractivity contribution >= 4 is 0 Å².